The first-order chi connectivity index (χ1) is 13.9. The topological polar surface area (TPSA) is 41.6 Å². The summed E-state index contributed by atoms with van der Waals surface area (Å²) in [5.74, 6) is 0.730. The van der Waals surface area contributed by atoms with Crippen LogP contribution in [0.5, 0.6) is 5.75 Å². The molecule has 4 rings (SSSR count). The van der Waals surface area contributed by atoms with E-state index in [2.05, 4.69) is 24.1 Å². The number of para-hydroxylation sites is 1. The molecule has 0 radical (unpaired) electrons. The van der Waals surface area contributed by atoms with Gasteiger partial charge in [-0.2, -0.15) is 0 Å². The molecule has 2 heterocycles. The van der Waals surface area contributed by atoms with E-state index in [1.54, 1.807) is 0 Å². The third-order valence-corrected chi connectivity index (χ3v) is 5.89. The fourth-order valence-corrected chi connectivity index (χ4v) is 4.48. The Kier molecular flexibility index (Phi) is 5.59. The van der Waals surface area contributed by atoms with Crippen molar-refractivity contribution in [2.45, 2.75) is 51.3 Å². The maximum absolute atomic E-state index is 13.1. The van der Waals surface area contributed by atoms with E-state index in [1.807, 2.05) is 36.4 Å². The van der Waals surface area contributed by atoms with Gasteiger partial charge in [0.2, 0.25) is 5.91 Å². The number of halogens is 1. The fourth-order valence-electron chi connectivity index (χ4n) is 4.48. The van der Waals surface area contributed by atoms with Crippen LogP contribution in [-0.2, 0) is 11.3 Å². The van der Waals surface area contributed by atoms with Crippen LogP contribution in [0.3, 0.4) is 0 Å². The Hall–Kier alpha value is -2.40. The van der Waals surface area contributed by atoms with Crippen LogP contribution in [0, 0.1) is 11.7 Å². The van der Waals surface area contributed by atoms with Gasteiger partial charge < -0.3 is 10.1 Å². The zero-order chi connectivity index (χ0) is 20.4. The monoisotopic (exact) mass is 396 g/mol. The van der Waals surface area contributed by atoms with E-state index in [0.29, 0.717) is 0 Å². The molecular formula is C24H29FN2O2. The third kappa shape index (κ3) is 4.78. The van der Waals surface area contributed by atoms with E-state index in [0.717, 1.165) is 55.8 Å². The first-order valence-electron chi connectivity index (χ1n) is 10.4. The standard InChI is InChI=1S/C24H29FN2O2/c1-24(2)14-21(20-7-3-4-8-22(20)29-24)26-23(28)18-6-5-13-27(16-18)15-17-9-11-19(25)12-10-17/h3-4,7-12,18,21H,5-6,13-16H2,1-2H3,(H,26,28)/t18-,21-/m1/s1. The molecule has 29 heavy (non-hydrogen) atoms. The molecule has 0 unspecified atom stereocenters. The van der Waals surface area contributed by atoms with Crippen LogP contribution in [0.25, 0.3) is 0 Å². The smallest absolute Gasteiger partial charge is 0.224 e. The van der Waals surface area contributed by atoms with Gasteiger partial charge in [0.25, 0.3) is 0 Å². The number of carbonyl (C=O) groups excluding carboxylic acids is 1. The second-order valence-corrected chi connectivity index (χ2v) is 8.87. The van der Waals surface area contributed by atoms with Gasteiger partial charge in [0.05, 0.1) is 12.0 Å². The maximum atomic E-state index is 13.1. The molecular weight excluding hydrogens is 367 g/mol. The number of hydrogen-bond donors (Lipinski definition) is 1. The molecule has 1 saturated heterocycles. The molecule has 1 N–H and O–H groups in total. The summed E-state index contributed by atoms with van der Waals surface area (Å²) in [6.45, 7) is 6.57. The van der Waals surface area contributed by atoms with Crippen LogP contribution in [0.4, 0.5) is 4.39 Å². The van der Waals surface area contributed by atoms with E-state index in [4.69, 9.17) is 4.74 Å². The van der Waals surface area contributed by atoms with Gasteiger partial charge in [-0.15, -0.1) is 0 Å². The van der Waals surface area contributed by atoms with Gasteiger partial charge in [-0.3, -0.25) is 9.69 Å². The average Bonchev–Trinajstić information content (AvgIpc) is 2.69. The fraction of sp³-hybridized carbons (Fsp3) is 0.458. The molecule has 2 aromatic rings. The van der Waals surface area contributed by atoms with Gasteiger partial charge in [-0.05, 0) is 57.0 Å². The lowest BCUT2D eigenvalue weighted by atomic mass is 9.88. The number of hydrogen-bond acceptors (Lipinski definition) is 3. The highest BCUT2D eigenvalue weighted by molar-refractivity contribution is 5.79. The molecule has 0 aliphatic carbocycles. The minimum Gasteiger partial charge on any atom is -0.487 e. The highest BCUT2D eigenvalue weighted by Gasteiger charge is 2.36. The van der Waals surface area contributed by atoms with Crippen molar-refractivity contribution in [2.75, 3.05) is 13.1 Å². The summed E-state index contributed by atoms with van der Waals surface area (Å²) in [5.41, 5.74) is 1.82. The summed E-state index contributed by atoms with van der Waals surface area (Å²) < 4.78 is 19.2. The number of nitrogens with one attached hydrogen (secondary N) is 1. The lowest BCUT2D eigenvalue weighted by Gasteiger charge is -2.39. The molecule has 2 aliphatic rings. The molecule has 154 valence electrons. The molecule has 0 aromatic heterocycles. The molecule has 1 fully saturated rings. The molecule has 1 amide bonds. The second-order valence-electron chi connectivity index (χ2n) is 8.87. The number of amides is 1. The molecule has 0 spiro atoms. The lowest BCUT2D eigenvalue weighted by molar-refractivity contribution is -0.128. The molecule has 0 saturated carbocycles. The normalized spacial score (nSPS) is 23.7. The third-order valence-electron chi connectivity index (χ3n) is 5.89. The number of ether oxygens (including phenoxy) is 1. The SMILES string of the molecule is CC1(C)C[C@@H](NC(=O)[C@@H]2CCCN(Cc3ccc(F)cc3)C2)c2ccccc2O1. The summed E-state index contributed by atoms with van der Waals surface area (Å²) in [7, 11) is 0. The Morgan fingerprint density at radius 2 is 1.97 bits per heavy atom. The van der Waals surface area contributed by atoms with E-state index < -0.39 is 0 Å². The molecule has 4 nitrogen and oxygen atoms in total. The summed E-state index contributed by atoms with van der Waals surface area (Å²) in [4.78, 5) is 15.4. The van der Waals surface area contributed by atoms with Gasteiger partial charge in [-0.25, -0.2) is 4.39 Å². The average molecular weight is 397 g/mol. The van der Waals surface area contributed by atoms with E-state index in [-0.39, 0.29) is 29.3 Å². The number of carbonyl (C=O) groups is 1. The van der Waals surface area contributed by atoms with E-state index in [1.165, 1.54) is 12.1 Å². The largest absolute Gasteiger partial charge is 0.487 e. The first kappa shape index (κ1) is 19.9. The Labute approximate surface area is 172 Å². The summed E-state index contributed by atoms with van der Waals surface area (Å²) in [6.07, 6.45) is 2.65. The van der Waals surface area contributed by atoms with Gasteiger partial charge in [-0.1, -0.05) is 30.3 Å². The Morgan fingerprint density at radius 3 is 2.76 bits per heavy atom. The Morgan fingerprint density at radius 1 is 1.21 bits per heavy atom. The van der Waals surface area contributed by atoms with Crippen molar-refractivity contribution in [2.24, 2.45) is 5.92 Å². The Bertz CT molecular complexity index is 865. The Balaban J connectivity index is 1.41. The second kappa shape index (κ2) is 8.15. The summed E-state index contributed by atoms with van der Waals surface area (Å²) in [5, 5.41) is 3.30. The highest BCUT2D eigenvalue weighted by atomic mass is 19.1. The summed E-state index contributed by atoms with van der Waals surface area (Å²) >= 11 is 0. The molecule has 5 heteroatoms. The summed E-state index contributed by atoms with van der Waals surface area (Å²) in [6, 6.07) is 14.6. The van der Waals surface area contributed by atoms with Crippen LogP contribution in [0.2, 0.25) is 0 Å². The van der Waals surface area contributed by atoms with Crippen molar-refractivity contribution in [3.05, 3.63) is 65.5 Å². The maximum Gasteiger partial charge on any atom is 0.224 e. The van der Waals surface area contributed by atoms with Gasteiger partial charge in [0, 0.05) is 25.1 Å². The first-order valence-corrected chi connectivity index (χ1v) is 10.4. The zero-order valence-corrected chi connectivity index (χ0v) is 17.2. The van der Waals surface area contributed by atoms with Crippen LogP contribution < -0.4 is 10.1 Å². The predicted octanol–water partition coefficient (Wildman–Crippen LogP) is 4.46. The van der Waals surface area contributed by atoms with Gasteiger partial charge in [0.15, 0.2) is 0 Å². The number of fused-ring (bicyclic) bond motifs is 1. The van der Waals surface area contributed by atoms with Crippen LogP contribution in [0.15, 0.2) is 48.5 Å². The minimum absolute atomic E-state index is 0.0256. The van der Waals surface area contributed by atoms with Crippen LogP contribution >= 0.6 is 0 Å². The van der Waals surface area contributed by atoms with Crippen molar-refractivity contribution in [1.82, 2.24) is 10.2 Å². The number of nitrogens with zero attached hydrogens (tertiary/aromatic N) is 1. The number of benzene rings is 2. The molecule has 2 atom stereocenters. The number of piperidine rings is 1. The quantitative estimate of drug-likeness (QED) is 0.830. The molecule has 2 aromatic carbocycles. The molecule has 0 bridgehead atoms. The molecule has 2 aliphatic heterocycles. The minimum atomic E-state index is -0.312. The zero-order valence-electron chi connectivity index (χ0n) is 17.2. The predicted molar refractivity (Wildman–Crippen MR) is 111 cm³/mol. The van der Waals surface area contributed by atoms with Gasteiger partial charge >= 0.3 is 0 Å². The van der Waals surface area contributed by atoms with Gasteiger partial charge in [0.1, 0.15) is 17.2 Å². The van der Waals surface area contributed by atoms with E-state index >= 15 is 0 Å². The number of likely N-dealkylation sites (tertiary alicyclic amines) is 1. The lowest BCUT2D eigenvalue weighted by Crippen LogP contribution is -2.46. The number of rotatable bonds is 4. The van der Waals surface area contributed by atoms with E-state index in [9.17, 15) is 9.18 Å². The van der Waals surface area contributed by atoms with Crippen molar-refractivity contribution in [3.8, 4) is 5.75 Å². The van der Waals surface area contributed by atoms with Crippen molar-refractivity contribution in [1.29, 1.82) is 0 Å². The highest BCUT2D eigenvalue weighted by Crippen LogP contribution is 2.39. The van der Waals surface area contributed by atoms with Crippen molar-refractivity contribution >= 4 is 5.91 Å². The van der Waals surface area contributed by atoms with Crippen molar-refractivity contribution < 1.29 is 13.9 Å². The van der Waals surface area contributed by atoms with Crippen LogP contribution in [-0.4, -0.2) is 29.5 Å². The van der Waals surface area contributed by atoms with Crippen molar-refractivity contribution in [3.63, 3.8) is 0 Å². The van der Waals surface area contributed by atoms with Crippen LogP contribution in [0.1, 0.15) is 50.3 Å².